The van der Waals surface area contributed by atoms with Crippen LogP contribution in [-0.4, -0.2) is 35.5 Å². The van der Waals surface area contributed by atoms with E-state index < -0.39 is 0 Å². The number of carbonyl (C=O) groups is 1. The van der Waals surface area contributed by atoms with E-state index in [2.05, 4.69) is 32.8 Å². The molecule has 0 unspecified atom stereocenters. The van der Waals surface area contributed by atoms with Crippen LogP contribution in [0.15, 0.2) is 6.33 Å². The van der Waals surface area contributed by atoms with Gasteiger partial charge in [-0.15, -0.1) is 0 Å². The molecular weight excluding hydrogens is 254 g/mol. The molecule has 1 aromatic rings. The van der Waals surface area contributed by atoms with Crippen LogP contribution in [-0.2, 0) is 11.2 Å². The van der Waals surface area contributed by atoms with Crippen LogP contribution in [0.3, 0.4) is 0 Å². The van der Waals surface area contributed by atoms with E-state index in [-0.39, 0.29) is 5.91 Å². The van der Waals surface area contributed by atoms with Crippen molar-refractivity contribution in [2.24, 2.45) is 0 Å². The average molecular weight is 279 g/mol. The van der Waals surface area contributed by atoms with Gasteiger partial charge in [0.05, 0.1) is 0 Å². The highest BCUT2D eigenvalue weighted by Gasteiger charge is 2.10. The molecule has 0 saturated heterocycles. The van der Waals surface area contributed by atoms with Gasteiger partial charge < -0.3 is 16.0 Å². The van der Waals surface area contributed by atoms with E-state index in [1.807, 2.05) is 13.8 Å². The maximum atomic E-state index is 11.4. The topological polar surface area (TPSA) is 78.9 Å². The Morgan fingerprint density at radius 2 is 1.80 bits per heavy atom. The largest absolute Gasteiger partial charge is 0.370 e. The predicted molar refractivity (Wildman–Crippen MR) is 82.0 cm³/mol. The number of amides is 1. The van der Waals surface area contributed by atoms with Crippen LogP contribution < -0.4 is 16.0 Å². The monoisotopic (exact) mass is 279 g/mol. The molecule has 6 nitrogen and oxygen atoms in total. The van der Waals surface area contributed by atoms with Gasteiger partial charge in [0.25, 0.3) is 0 Å². The molecule has 0 aliphatic rings. The smallest absolute Gasteiger partial charge is 0.221 e. The van der Waals surface area contributed by atoms with E-state index in [9.17, 15) is 4.79 Å². The second-order valence-electron chi connectivity index (χ2n) is 4.46. The standard InChI is InChI=1S/C14H25N5O/c1-4-7-11-13(16-6-3)18-10-19-14(11)17-9-8-12(20)15-5-2/h10H,4-9H2,1-3H3,(H,15,20)(H2,16,17,18,19). The molecule has 6 heteroatoms. The summed E-state index contributed by atoms with van der Waals surface area (Å²) in [6, 6.07) is 0. The molecule has 0 fully saturated rings. The summed E-state index contributed by atoms with van der Waals surface area (Å²) in [5.74, 6) is 1.75. The third kappa shape index (κ3) is 5.03. The summed E-state index contributed by atoms with van der Waals surface area (Å²) < 4.78 is 0. The maximum Gasteiger partial charge on any atom is 0.221 e. The Kier molecular flexibility index (Phi) is 7.39. The third-order valence-electron chi connectivity index (χ3n) is 2.81. The van der Waals surface area contributed by atoms with Gasteiger partial charge in [-0.05, 0) is 20.3 Å². The van der Waals surface area contributed by atoms with Crippen molar-refractivity contribution in [1.82, 2.24) is 15.3 Å². The number of hydrogen-bond donors (Lipinski definition) is 3. The first-order chi connectivity index (χ1) is 9.72. The second-order valence-corrected chi connectivity index (χ2v) is 4.46. The van der Waals surface area contributed by atoms with Crippen molar-refractivity contribution in [2.75, 3.05) is 30.3 Å². The molecule has 0 radical (unpaired) electrons. The number of aromatic nitrogens is 2. The van der Waals surface area contributed by atoms with Crippen molar-refractivity contribution >= 4 is 17.5 Å². The van der Waals surface area contributed by atoms with Crippen LogP contribution in [0.2, 0.25) is 0 Å². The summed E-state index contributed by atoms with van der Waals surface area (Å²) >= 11 is 0. The van der Waals surface area contributed by atoms with Crippen LogP contribution in [0.4, 0.5) is 11.6 Å². The molecule has 112 valence electrons. The van der Waals surface area contributed by atoms with Gasteiger partial charge in [0.2, 0.25) is 5.91 Å². The van der Waals surface area contributed by atoms with E-state index >= 15 is 0 Å². The number of nitrogens with one attached hydrogen (secondary N) is 3. The summed E-state index contributed by atoms with van der Waals surface area (Å²) in [4.78, 5) is 20.0. The molecule has 1 heterocycles. The fourth-order valence-electron chi connectivity index (χ4n) is 1.95. The second kappa shape index (κ2) is 9.12. The zero-order chi connectivity index (χ0) is 14.8. The first-order valence-electron chi connectivity index (χ1n) is 7.31. The molecule has 0 aliphatic heterocycles. The van der Waals surface area contributed by atoms with Gasteiger partial charge in [-0.25, -0.2) is 9.97 Å². The third-order valence-corrected chi connectivity index (χ3v) is 2.81. The highest BCUT2D eigenvalue weighted by molar-refractivity contribution is 5.76. The van der Waals surface area contributed by atoms with Gasteiger partial charge in [-0.1, -0.05) is 13.3 Å². The fraction of sp³-hybridized carbons (Fsp3) is 0.643. The molecule has 20 heavy (non-hydrogen) atoms. The number of carbonyl (C=O) groups excluding carboxylic acids is 1. The highest BCUT2D eigenvalue weighted by Crippen LogP contribution is 2.21. The minimum Gasteiger partial charge on any atom is -0.370 e. The quantitative estimate of drug-likeness (QED) is 0.642. The van der Waals surface area contributed by atoms with Crippen molar-refractivity contribution in [3.05, 3.63) is 11.9 Å². The van der Waals surface area contributed by atoms with Crippen molar-refractivity contribution < 1.29 is 4.79 Å². The van der Waals surface area contributed by atoms with E-state index in [1.54, 1.807) is 6.33 Å². The summed E-state index contributed by atoms with van der Waals surface area (Å²) in [6.07, 6.45) is 3.93. The first-order valence-corrected chi connectivity index (χ1v) is 7.31. The Morgan fingerprint density at radius 1 is 1.10 bits per heavy atom. The molecule has 0 aromatic carbocycles. The molecular formula is C14H25N5O. The van der Waals surface area contributed by atoms with Gasteiger partial charge in [0, 0.05) is 31.6 Å². The Labute approximate surface area is 120 Å². The van der Waals surface area contributed by atoms with Crippen LogP contribution in [0.1, 0.15) is 39.2 Å². The minimum atomic E-state index is 0.0537. The Morgan fingerprint density at radius 3 is 2.40 bits per heavy atom. The van der Waals surface area contributed by atoms with Gasteiger partial charge in [-0.3, -0.25) is 4.79 Å². The lowest BCUT2D eigenvalue weighted by Gasteiger charge is -2.14. The molecule has 1 aromatic heterocycles. The molecule has 1 rings (SSSR count). The molecule has 1 amide bonds. The Hall–Kier alpha value is -1.85. The Bertz CT molecular complexity index is 422. The molecule has 0 spiro atoms. The van der Waals surface area contributed by atoms with Crippen molar-refractivity contribution in [3.63, 3.8) is 0 Å². The zero-order valence-electron chi connectivity index (χ0n) is 12.6. The average Bonchev–Trinajstić information content (AvgIpc) is 2.43. The lowest BCUT2D eigenvalue weighted by atomic mass is 10.1. The molecule has 0 atom stereocenters. The Balaban J connectivity index is 2.68. The van der Waals surface area contributed by atoms with Crippen LogP contribution in [0, 0.1) is 0 Å². The van der Waals surface area contributed by atoms with Crippen molar-refractivity contribution in [3.8, 4) is 0 Å². The van der Waals surface area contributed by atoms with E-state index in [1.165, 1.54) is 0 Å². The fourth-order valence-corrected chi connectivity index (χ4v) is 1.95. The van der Waals surface area contributed by atoms with Crippen LogP contribution in [0.25, 0.3) is 0 Å². The SMILES string of the molecule is CCCc1c(NCC)ncnc1NCCC(=O)NCC. The molecule has 0 bridgehead atoms. The van der Waals surface area contributed by atoms with E-state index in [0.29, 0.717) is 19.5 Å². The van der Waals surface area contributed by atoms with Gasteiger partial charge >= 0.3 is 0 Å². The molecule has 0 saturated carbocycles. The number of nitrogens with zero attached hydrogens (tertiary/aromatic N) is 2. The van der Waals surface area contributed by atoms with E-state index in [4.69, 9.17) is 0 Å². The maximum absolute atomic E-state index is 11.4. The predicted octanol–water partition coefficient (Wildman–Crippen LogP) is 1.80. The van der Waals surface area contributed by atoms with Crippen LogP contribution >= 0.6 is 0 Å². The van der Waals surface area contributed by atoms with E-state index in [0.717, 1.165) is 36.6 Å². The minimum absolute atomic E-state index is 0.0537. The molecule has 3 N–H and O–H groups in total. The molecule has 0 aliphatic carbocycles. The highest BCUT2D eigenvalue weighted by atomic mass is 16.1. The lowest BCUT2D eigenvalue weighted by molar-refractivity contribution is -0.120. The number of hydrogen-bond acceptors (Lipinski definition) is 5. The lowest BCUT2D eigenvalue weighted by Crippen LogP contribution is -2.25. The summed E-state index contributed by atoms with van der Waals surface area (Å²) in [6.45, 7) is 8.15. The number of rotatable bonds is 9. The number of anilines is 2. The summed E-state index contributed by atoms with van der Waals surface area (Å²) in [5, 5.41) is 9.26. The summed E-state index contributed by atoms with van der Waals surface area (Å²) in [7, 11) is 0. The summed E-state index contributed by atoms with van der Waals surface area (Å²) in [5.41, 5.74) is 1.09. The van der Waals surface area contributed by atoms with Gasteiger partial charge in [-0.2, -0.15) is 0 Å². The normalized spacial score (nSPS) is 10.2. The van der Waals surface area contributed by atoms with Crippen molar-refractivity contribution in [1.29, 1.82) is 0 Å². The first kappa shape index (κ1) is 16.2. The van der Waals surface area contributed by atoms with Crippen molar-refractivity contribution in [2.45, 2.75) is 40.0 Å². The van der Waals surface area contributed by atoms with Crippen LogP contribution in [0.5, 0.6) is 0 Å². The van der Waals surface area contributed by atoms with Gasteiger partial charge in [0.1, 0.15) is 18.0 Å². The van der Waals surface area contributed by atoms with Gasteiger partial charge in [0.15, 0.2) is 0 Å². The zero-order valence-corrected chi connectivity index (χ0v) is 12.6.